The lowest BCUT2D eigenvalue weighted by molar-refractivity contribution is -0.123. The number of amides is 1. The Balaban J connectivity index is 1.44. The van der Waals surface area contributed by atoms with Crippen LogP contribution in [0.4, 0.5) is 0 Å². The molecule has 2 heterocycles. The Hall–Kier alpha value is -2.23. The van der Waals surface area contributed by atoms with Gasteiger partial charge in [0.05, 0.1) is 10.8 Å². The SMILES string of the molecule is O=C(NCCc1ccccc1)[C@@H]1CSCN1S(=O)(=O)c1ccc2c(c1)OCCO2. The maximum atomic E-state index is 13.2. The van der Waals surface area contributed by atoms with Crippen LogP contribution in [0.3, 0.4) is 0 Å². The van der Waals surface area contributed by atoms with E-state index >= 15 is 0 Å². The summed E-state index contributed by atoms with van der Waals surface area (Å²) in [6, 6.07) is 13.7. The Labute approximate surface area is 174 Å². The molecular weight excluding hydrogens is 412 g/mol. The van der Waals surface area contributed by atoms with Gasteiger partial charge in [-0.2, -0.15) is 4.31 Å². The van der Waals surface area contributed by atoms with Crippen molar-refractivity contribution >= 4 is 27.7 Å². The number of rotatable bonds is 6. The first-order chi connectivity index (χ1) is 14.1. The number of thioether (sulfide) groups is 1. The van der Waals surface area contributed by atoms with Crippen molar-refractivity contribution in [2.75, 3.05) is 31.4 Å². The zero-order chi connectivity index (χ0) is 20.3. The molecule has 4 rings (SSSR count). The average Bonchev–Trinajstić information content (AvgIpc) is 3.25. The second kappa shape index (κ2) is 8.64. The molecule has 0 radical (unpaired) electrons. The fourth-order valence-corrected chi connectivity index (χ4v) is 6.45. The van der Waals surface area contributed by atoms with E-state index in [4.69, 9.17) is 9.47 Å². The lowest BCUT2D eigenvalue weighted by Crippen LogP contribution is -2.47. The second-order valence-corrected chi connectivity index (χ2v) is 9.63. The highest BCUT2D eigenvalue weighted by Gasteiger charge is 2.40. The van der Waals surface area contributed by atoms with Crippen LogP contribution in [0, 0.1) is 0 Å². The fourth-order valence-electron chi connectivity index (χ4n) is 3.28. The van der Waals surface area contributed by atoms with Crippen molar-refractivity contribution in [2.45, 2.75) is 17.4 Å². The minimum Gasteiger partial charge on any atom is -0.486 e. The number of carbonyl (C=O) groups excluding carboxylic acids is 1. The van der Waals surface area contributed by atoms with Crippen LogP contribution in [-0.2, 0) is 21.2 Å². The molecule has 0 spiro atoms. The van der Waals surface area contributed by atoms with Gasteiger partial charge in [-0.3, -0.25) is 4.79 Å². The third-order valence-corrected chi connectivity index (χ3v) is 7.85. The van der Waals surface area contributed by atoms with E-state index in [2.05, 4.69) is 5.32 Å². The van der Waals surface area contributed by atoms with Gasteiger partial charge >= 0.3 is 0 Å². The molecule has 9 heteroatoms. The molecule has 1 saturated heterocycles. The van der Waals surface area contributed by atoms with Crippen LogP contribution < -0.4 is 14.8 Å². The van der Waals surface area contributed by atoms with Crippen LogP contribution in [0.5, 0.6) is 11.5 Å². The smallest absolute Gasteiger partial charge is 0.244 e. The predicted octanol–water partition coefficient (Wildman–Crippen LogP) is 1.88. The highest BCUT2D eigenvalue weighted by Crippen LogP contribution is 2.35. The minimum absolute atomic E-state index is 0.103. The van der Waals surface area contributed by atoms with E-state index in [9.17, 15) is 13.2 Å². The topological polar surface area (TPSA) is 84.9 Å². The maximum Gasteiger partial charge on any atom is 0.244 e. The number of nitrogens with zero attached hydrogens (tertiary/aromatic N) is 1. The summed E-state index contributed by atoms with van der Waals surface area (Å²) in [4.78, 5) is 12.8. The number of fused-ring (bicyclic) bond motifs is 1. The van der Waals surface area contributed by atoms with Gasteiger partial charge in [-0.05, 0) is 24.1 Å². The lowest BCUT2D eigenvalue weighted by atomic mass is 10.1. The summed E-state index contributed by atoms with van der Waals surface area (Å²) in [6.07, 6.45) is 0.696. The standard InChI is InChI=1S/C20H22N2O5S2/c23-20(21-9-8-15-4-2-1-3-5-15)17-13-28-14-22(17)29(24,25)16-6-7-18-19(12-16)27-11-10-26-18/h1-7,12,17H,8-11,13-14H2,(H,21,23)/t17-/m0/s1. The van der Waals surface area contributed by atoms with E-state index in [1.165, 1.54) is 28.2 Å². The Bertz CT molecular complexity index is 982. The number of nitrogens with one attached hydrogen (secondary N) is 1. The minimum atomic E-state index is -3.83. The van der Waals surface area contributed by atoms with Crippen molar-refractivity contribution < 1.29 is 22.7 Å². The molecule has 2 aromatic rings. The van der Waals surface area contributed by atoms with E-state index < -0.39 is 16.1 Å². The van der Waals surface area contributed by atoms with Crippen LogP contribution in [0.1, 0.15) is 5.56 Å². The maximum absolute atomic E-state index is 13.2. The van der Waals surface area contributed by atoms with E-state index in [-0.39, 0.29) is 16.7 Å². The molecule has 0 saturated carbocycles. The third kappa shape index (κ3) is 4.36. The number of ether oxygens (including phenoxy) is 2. The highest BCUT2D eigenvalue weighted by atomic mass is 32.2. The van der Waals surface area contributed by atoms with Crippen molar-refractivity contribution in [3.05, 3.63) is 54.1 Å². The molecule has 154 valence electrons. The van der Waals surface area contributed by atoms with Crippen molar-refractivity contribution in [1.29, 1.82) is 0 Å². The molecule has 0 bridgehead atoms. The number of sulfonamides is 1. The molecule has 1 fully saturated rings. The van der Waals surface area contributed by atoms with E-state index in [0.29, 0.717) is 43.4 Å². The first-order valence-corrected chi connectivity index (χ1v) is 12.0. The molecule has 0 aromatic heterocycles. The normalized spacial score (nSPS) is 19.1. The number of hydrogen-bond acceptors (Lipinski definition) is 6. The quantitative estimate of drug-likeness (QED) is 0.747. The molecule has 1 atom stereocenters. The zero-order valence-corrected chi connectivity index (χ0v) is 17.4. The van der Waals surface area contributed by atoms with E-state index in [1.54, 1.807) is 6.07 Å². The molecular formula is C20H22N2O5S2. The summed E-state index contributed by atoms with van der Waals surface area (Å²) in [5.74, 6) is 1.34. The number of carbonyl (C=O) groups is 1. The van der Waals surface area contributed by atoms with Gasteiger partial charge in [0.25, 0.3) is 0 Å². The summed E-state index contributed by atoms with van der Waals surface area (Å²) in [6.45, 7) is 1.28. The molecule has 2 aliphatic rings. The van der Waals surface area contributed by atoms with Crippen molar-refractivity contribution in [2.24, 2.45) is 0 Å². The number of benzene rings is 2. The molecule has 0 aliphatic carbocycles. The fraction of sp³-hybridized carbons (Fsp3) is 0.350. The Morgan fingerprint density at radius 1 is 1.10 bits per heavy atom. The monoisotopic (exact) mass is 434 g/mol. The number of hydrogen-bond donors (Lipinski definition) is 1. The summed E-state index contributed by atoms with van der Waals surface area (Å²) < 4.78 is 38.6. The highest BCUT2D eigenvalue weighted by molar-refractivity contribution is 8.00. The molecule has 7 nitrogen and oxygen atoms in total. The third-order valence-electron chi connectivity index (χ3n) is 4.82. The van der Waals surface area contributed by atoms with Gasteiger partial charge in [-0.1, -0.05) is 30.3 Å². The van der Waals surface area contributed by atoms with Crippen LogP contribution >= 0.6 is 11.8 Å². The van der Waals surface area contributed by atoms with Crippen molar-refractivity contribution in [3.63, 3.8) is 0 Å². The zero-order valence-electron chi connectivity index (χ0n) is 15.7. The van der Waals surface area contributed by atoms with E-state index in [0.717, 1.165) is 5.56 Å². The summed E-state index contributed by atoms with van der Waals surface area (Å²) >= 11 is 1.43. The summed E-state index contributed by atoms with van der Waals surface area (Å²) in [7, 11) is -3.83. The van der Waals surface area contributed by atoms with Crippen LogP contribution in [0.15, 0.2) is 53.4 Å². The first-order valence-electron chi connectivity index (χ1n) is 9.36. The van der Waals surface area contributed by atoms with Crippen LogP contribution in [-0.4, -0.2) is 56.1 Å². The van der Waals surface area contributed by atoms with Crippen molar-refractivity contribution in [1.82, 2.24) is 9.62 Å². The molecule has 2 aromatic carbocycles. The molecule has 1 N–H and O–H groups in total. The average molecular weight is 435 g/mol. The van der Waals surface area contributed by atoms with Gasteiger partial charge in [0.1, 0.15) is 19.3 Å². The summed E-state index contributed by atoms with van der Waals surface area (Å²) in [5.41, 5.74) is 1.12. The van der Waals surface area contributed by atoms with Gasteiger partial charge < -0.3 is 14.8 Å². The van der Waals surface area contributed by atoms with Gasteiger partial charge in [-0.15, -0.1) is 11.8 Å². The Kier molecular flexibility index (Phi) is 5.98. The first kappa shape index (κ1) is 20.1. The van der Waals surface area contributed by atoms with Crippen LogP contribution in [0.25, 0.3) is 0 Å². The van der Waals surface area contributed by atoms with Gasteiger partial charge in [0, 0.05) is 18.4 Å². The van der Waals surface area contributed by atoms with E-state index in [1.807, 2.05) is 30.3 Å². The summed E-state index contributed by atoms with van der Waals surface area (Å²) in [5, 5.41) is 2.87. The Morgan fingerprint density at radius 3 is 2.66 bits per heavy atom. The van der Waals surface area contributed by atoms with Gasteiger partial charge in [0.15, 0.2) is 11.5 Å². The molecule has 1 amide bonds. The van der Waals surface area contributed by atoms with Gasteiger partial charge in [0.2, 0.25) is 15.9 Å². The van der Waals surface area contributed by atoms with Gasteiger partial charge in [-0.25, -0.2) is 8.42 Å². The molecule has 0 unspecified atom stereocenters. The Morgan fingerprint density at radius 2 is 1.86 bits per heavy atom. The van der Waals surface area contributed by atoms with Crippen LogP contribution in [0.2, 0.25) is 0 Å². The predicted molar refractivity (Wildman–Crippen MR) is 111 cm³/mol. The van der Waals surface area contributed by atoms with Crippen molar-refractivity contribution in [3.8, 4) is 11.5 Å². The second-order valence-electron chi connectivity index (χ2n) is 6.74. The lowest BCUT2D eigenvalue weighted by Gasteiger charge is -2.24. The largest absolute Gasteiger partial charge is 0.486 e. The molecule has 29 heavy (non-hydrogen) atoms. The molecule has 2 aliphatic heterocycles.